The third-order valence-corrected chi connectivity index (χ3v) is 5.53. The fraction of sp³-hybridized carbons (Fsp3) is 0.250. The van der Waals surface area contributed by atoms with Gasteiger partial charge in [-0.25, -0.2) is 4.79 Å². The number of aryl methyl sites for hydroxylation is 1. The number of rotatable bonds is 6. The molecule has 2 aromatic carbocycles. The van der Waals surface area contributed by atoms with E-state index in [-0.39, 0.29) is 13.2 Å². The first kappa shape index (κ1) is 18.4. The van der Waals surface area contributed by atoms with Crippen molar-refractivity contribution < 1.29 is 19.7 Å². The SMILES string of the molecule is Cc1c(C(O)C(O)CNC(=O)OCc2ccccc2)sc2ccccc12. The number of carbonyl (C=O) groups is 1. The van der Waals surface area contributed by atoms with Gasteiger partial charge in [-0.05, 0) is 29.5 Å². The Morgan fingerprint density at radius 1 is 1.12 bits per heavy atom. The molecule has 0 saturated carbocycles. The molecule has 0 aliphatic rings. The van der Waals surface area contributed by atoms with Gasteiger partial charge in [-0.15, -0.1) is 11.3 Å². The highest BCUT2D eigenvalue weighted by molar-refractivity contribution is 7.19. The van der Waals surface area contributed by atoms with Crippen molar-refractivity contribution in [2.45, 2.75) is 25.7 Å². The standard InChI is InChI=1S/C20H21NO4S/c1-13-15-9-5-6-10-17(15)26-19(13)18(23)16(22)11-21-20(24)25-12-14-7-3-2-4-8-14/h2-10,16,18,22-23H,11-12H2,1H3,(H,21,24). The molecular formula is C20H21NO4S. The predicted molar refractivity (Wildman–Crippen MR) is 102 cm³/mol. The molecule has 2 unspecified atom stereocenters. The number of nitrogens with one attached hydrogen (secondary N) is 1. The quantitative estimate of drug-likeness (QED) is 0.619. The Morgan fingerprint density at radius 3 is 2.54 bits per heavy atom. The number of hydrogen-bond donors (Lipinski definition) is 3. The second kappa shape index (κ2) is 8.31. The van der Waals surface area contributed by atoms with Crippen LogP contribution in [0.1, 0.15) is 22.1 Å². The van der Waals surface area contributed by atoms with Crippen LogP contribution >= 0.6 is 11.3 Å². The number of ether oxygens (including phenoxy) is 1. The van der Waals surface area contributed by atoms with Crippen LogP contribution in [0.5, 0.6) is 0 Å². The van der Waals surface area contributed by atoms with Gasteiger partial charge in [0.1, 0.15) is 18.8 Å². The zero-order valence-electron chi connectivity index (χ0n) is 14.4. The normalized spacial score (nSPS) is 13.3. The van der Waals surface area contributed by atoms with Crippen molar-refractivity contribution in [2.75, 3.05) is 6.54 Å². The average molecular weight is 371 g/mol. The summed E-state index contributed by atoms with van der Waals surface area (Å²) in [6, 6.07) is 17.2. The summed E-state index contributed by atoms with van der Waals surface area (Å²) < 4.78 is 6.15. The van der Waals surface area contributed by atoms with Crippen LogP contribution in [0, 0.1) is 6.92 Å². The van der Waals surface area contributed by atoms with Gasteiger partial charge in [-0.2, -0.15) is 0 Å². The van der Waals surface area contributed by atoms with Gasteiger partial charge in [0.05, 0.1) is 0 Å². The molecule has 0 bridgehead atoms. The summed E-state index contributed by atoms with van der Waals surface area (Å²) in [6.45, 7) is 1.98. The molecule has 1 aromatic heterocycles. The molecule has 6 heteroatoms. The number of aliphatic hydroxyl groups excluding tert-OH is 2. The Labute approximate surface area is 155 Å². The molecule has 1 amide bonds. The highest BCUT2D eigenvalue weighted by Crippen LogP contribution is 2.35. The van der Waals surface area contributed by atoms with Crippen LogP contribution in [0.2, 0.25) is 0 Å². The molecule has 0 spiro atoms. The summed E-state index contributed by atoms with van der Waals surface area (Å²) in [5.74, 6) is 0. The van der Waals surface area contributed by atoms with Gasteiger partial charge in [0.2, 0.25) is 0 Å². The fourth-order valence-electron chi connectivity index (χ4n) is 2.72. The topological polar surface area (TPSA) is 78.8 Å². The van der Waals surface area contributed by atoms with Crippen LogP contribution in [0.15, 0.2) is 54.6 Å². The average Bonchev–Trinajstić information content (AvgIpc) is 3.01. The van der Waals surface area contributed by atoms with Gasteiger partial charge in [0.15, 0.2) is 0 Å². The molecule has 3 N–H and O–H groups in total. The number of alkyl carbamates (subject to hydrolysis) is 1. The lowest BCUT2D eigenvalue weighted by Gasteiger charge is -2.18. The van der Waals surface area contributed by atoms with Gasteiger partial charge in [-0.3, -0.25) is 0 Å². The molecule has 5 nitrogen and oxygen atoms in total. The summed E-state index contributed by atoms with van der Waals surface area (Å²) in [4.78, 5) is 12.5. The van der Waals surface area contributed by atoms with E-state index in [9.17, 15) is 15.0 Å². The summed E-state index contributed by atoms with van der Waals surface area (Å²) in [5.41, 5.74) is 1.83. The van der Waals surface area contributed by atoms with E-state index in [1.54, 1.807) is 0 Å². The zero-order valence-corrected chi connectivity index (χ0v) is 15.2. The smallest absolute Gasteiger partial charge is 0.407 e. The number of carbonyl (C=O) groups excluding carboxylic acids is 1. The summed E-state index contributed by atoms with van der Waals surface area (Å²) in [6.07, 6.45) is -2.82. The molecule has 0 aliphatic heterocycles. The first-order valence-electron chi connectivity index (χ1n) is 8.35. The maximum Gasteiger partial charge on any atom is 0.407 e. The number of aliphatic hydroxyl groups is 2. The van der Waals surface area contributed by atoms with Gasteiger partial charge in [-0.1, -0.05) is 48.5 Å². The van der Waals surface area contributed by atoms with Crippen molar-refractivity contribution in [3.63, 3.8) is 0 Å². The Morgan fingerprint density at radius 2 is 1.81 bits per heavy atom. The minimum atomic E-state index is -1.12. The Kier molecular flexibility index (Phi) is 5.88. The molecule has 0 fully saturated rings. The first-order valence-corrected chi connectivity index (χ1v) is 9.16. The van der Waals surface area contributed by atoms with Crippen LogP contribution in [0.3, 0.4) is 0 Å². The van der Waals surface area contributed by atoms with E-state index in [1.807, 2.05) is 61.5 Å². The molecule has 1 heterocycles. The first-order chi connectivity index (χ1) is 12.6. The van der Waals surface area contributed by atoms with Crippen molar-refractivity contribution in [1.29, 1.82) is 0 Å². The maximum absolute atomic E-state index is 11.8. The minimum Gasteiger partial charge on any atom is -0.445 e. The van der Waals surface area contributed by atoms with E-state index in [2.05, 4.69) is 5.32 Å². The van der Waals surface area contributed by atoms with Gasteiger partial charge >= 0.3 is 6.09 Å². The summed E-state index contributed by atoms with van der Waals surface area (Å²) in [7, 11) is 0. The largest absolute Gasteiger partial charge is 0.445 e. The maximum atomic E-state index is 11.8. The zero-order chi connectivity index (χ0) is 18.5. The lowest BCUT2D eigenvalue weighted by Crippen LogP contribution is -2.35. The molecule has 26 heavy (non-hydrogen) atoms. The van der Waals surface area contributed by atoms with E-state index >= 15 is 0 Å². The Balaban J connectivity index is 1.54. The molecule has 2 atom stereocenters. The Bertz CT molecular complexity index is 878. The van der Waals surface area contributed by atoms with Crippen LogP contribution in [-0.4, -0.2) is 29.0 Å². The lowest BCUT2D eigenvalue weighted by atomic mass is 10.1. The second-order valence-corrected chi connectivity index (χ2v) is 7.13. The predicted octanol–water partition coefficient (Wildman–Crippen LogP) is 3.53. The highest BCUT2D eigenvalue weighted by atomic mass is 32.1. The van der Waals surface area contributed by atoms with Crippen LogP contribution in [0.25, 0.3) is 10.1 Å². The van der Waals surface area contributed by atoms with E-state index in [1.165, 1.54) is 11.3 Å². The van der Waals surface area contributed by atoms with Crippen molar-refractivity contribution in [3.8, 4) is 0 Å². The number of benzene rings is 2. The van der Waals surface area contributed by atoms with Gasteiger partial charge < -0.3 is 20.3 Å². The van der Waals surface area contributed by atoms with E-state index in [0.717, 1.165) is 21.2 Å². The molecule has 0 radical (unpaired) electrons. The van der Waals surface area contributed by atoms with Crippen LogP contribution in [0.4, 0.5) is 4.79 Å². The van der Waals surface area contributed by atoms with Gasteiger partial charge in [0, 0.05) is 16.1 Å². The molecule has 136 valence electrons. The second-order valence-electron chi connectivity index (χ2n) is 6.04. The number of hydrogen-bond acceptors (Lipinski definition) is 5. The molecular weight excluding hydrogens is 350 g/mol. The molecule has 0 aliphatic carbocycles. The van der Waals surface area contributed by atoms with Crippen LogP contribution in [-0.2, 0) is 11.3 Å². The third kappa shape index (κ3) is 4.22. The van der Waals surface area contributed by atoms with E-state index < -0.39 is 18.3 Å². The van der Waals surface area contributed by atoms with Crippen molar-refractivity contribution in [2.24, 2.45) is 0 Å². The van der Waals surface area contributed by atoms with Crippen molar-refractivity contribution in [1.82, 2.24) is 5.32 Å². The fourth-order valence-corrected chi connectivity index (χ4v) is 3.98. The third-order valence-electron chi connectivity index (χ3n) is 4.18. The number of fused-ring (bicyclic) bond motifs is 1. The molecule has 0 saturated heterocycles. The Hall–Kier alpha value is -2.41. The highest BCUT2D eigenvalue weighted by Gasteiger charge is 2.23. The summed E-state index contributed by atoms with van der Waals surface area (Å²) >= 11 is 1.45. The monoisotopic (exact) mass is 371 g/mol. The van der Waals surface area contributed by atoms with E-state index in [0.29, 0.717) is 4.88 Å². The van der Waals surface area contributed by atoms with Crippen LogP contribution < -0.4 is 5.32 Å². The van der Waals surface area contributed by atoms with Gasteiger partial charge in [0.25, 0.3) is 0 Å². The van der Waals surface area contributed by atoms with E-state index in [4.69, 9.17) is 4.74 Å². The number of thiophene rings is 1. The minimum absolute atomic E-state index is 0.0948. The molecule has 3 rings (SSSR count). The number of amides is 1. The summed E-state index contributed by atoms with van der Waals surface area (Å²) in [5, 5.41) is 24.3. The van der Waals surface area contributed by atoms with Crippen molar-refractivity contribution in [3.05, 3.63) is 70.6 Å². The molecule has 3 aromatic rings. The van der Waals surface area contributed by atoms with Crippen molar-refractivity contribution >= 4 is 27.5 Å². The lowest BCUT2D eigenvalue weighted by molar-refractivity contribution is 0.0202.